The topological polar surface area (TPSA) is 43.9 Å². The van der Waals surface area contributed by atoms with Crippen molar-refractivity contribution in [1.29, 1.82) is 0 Å². The van der Waals surface area contributed by atoms with Crippen LogP contribution in [0.15, 0.2) is 35.4 Å². The van der Waals surface area contributed by atoms with E-state index >= 15 is 0 Å². The molecule has 0 aliphatic heterocycles. The Labute approximate surface area is 104 Å². The number of nitrogens with zero attached hydrogens (tertiary/aromatic N) is 3. The SMILES string of the molecule is c1cn(Cc2noc3cc4c(cc23)CCC4)cn1. The van der Waals surface area contributed by atoms with Crippen molar-refractivity contribution < 1.29 is 4.52 Å². The average Bonchev–Trinajstić information content (AvgIpc) is 3.08. The van der Waals surface area contributed by atoms with Crippen LogP contribution in [-0.4, -0.2) is 14.7 Å². The van der Waals surface area contributed by atoms with Crippen molar-refractivity contribution in [2.45, 2.75) is 25.8 Å². The summed E-state index contributed by atoms with van der Waals surface area (Å²) in [5.41, 5.74) is 4.77. The number of fused-ring (bicyclic) bond motifs is 2. The van der Waals surface area contributed by atoms with Crippen LogP contribution >= 0.6 is 0 Å². The van der Waals surface area contributed by atoms with Gasteiger partial charge in [-0.2, -0.15) is 0 Å². The van der Waals surface area contributed by atoms with Gasteiger partial charge in [-0.3, -0.25) is 0 Å². The second-order valence-electron chi connectivity index (χ2n) is 4.83. The minimum atomic E-state index is 0.714. The van der Waals surface area contributed by atoms with Gasteiger partial charge in [0.15, 0.2) is 5.58 Å². The molecular weight excluding hydrogens is 226 g/mol. The molecule has 0 unspecified atom stereocenters. The van der Waals surface area contributed by atoms with E-state index in [-0.39, 0.29) is 0 Å². The predicted molar refractivity (Wildman–Crippen MR) is 67.4 cm³/mol. The summed E-state index contributed by atoms with van der Waals surface area (Å²) in [5, 5.41) is 5.33. The Balaban J connectivity index is 1.82. The first-order valence-corrected chi connectivity index (χ1v) is 6.26. The van der Waals surface area contributed by atoms with E-state index in [9.17, 15) is 0 Å². The molecule has 0 N–H and O–H groups in total. The molecule has 90 valence electrons. The van der Waals surface area contributed by atoms with Gasteiger partial charge in [0.25, 0.3) is 0 Å². The molecule has 0 atom stereocenters. The van der Waals surface area contributed by atoms with E-state index in [1.54, 1.807) is 12.5 Å². The zero-order chi connectivity index (χ0) is 11.9. The van der Waals surface area contributed by atoms with Crippen molar-refractivity contribution in [1.82, 2.24) is 14.7 Å². The smallest absolute Gasteiger partial charge is 0.167 e. The minimum absolute atomic E-state index is 0.714. The maximum Gasteiger partial charge on any atom is 0.167 e. The fourth-order valence-electron chi connectivity index (χ4n) is 2.72. The lowest BCUT2D eigenvalue weighted by atomic mass is 10.1. The molecule has 0 amide bonds. The van der Waals surface area contributed by atoms with Crippen molar-refractivity contribution in [2.24, 2.45) is 0 Å². The quantitative estimate of drug-likeness (QED) is 0.690. The average molecular weight is 239 g/mol. The summed E-state index contributed by atoms with van der Waals surface area (Å²) >= 11 is 0. The van der Waals surface area contributed by atoms with E-state index in [1.165, 1.54) is 30.4 Å². The van der Waals surface area contributed by atoms with Crippen LogP contribution in [0.2, 0.25) is 0 Å². The summed E-state index contributed by atoms with van der Waals surface area (Å²) in [5.74, 6) is 0. The molecule has 2 aromatic heterocycles. The van der Waals surface area contributed by atoms with Gasteiger partial charge in [0.1, 0.15) is 5.69 Å². The maximum atomic E-state index is 5.44. The first-order valence-electron chi connectivity index (χ1n) is 6.26. The number of hydrogen-bond donors (Lipinski definition) is 0. The van der Waals surface area contributed by atoms with Crippen LogP contribution in [0.1, 0.15) is 23.2 Å². The molecule has 1 aliphatic carbocycles. The highest BCUT2D eigenvalue weighted by atomic mass is 16.5. The molecule has 0 bridgehead atoms. The van der Waals surface area contributed by atoms with E-state index in [0.29, 0.717) is 6.54 Å². The van der Waals surface area contributed by atoms with E-state index in [0.717, 1.165) is 16.7 Å². The van der Waals surface area contributed by atoms with Gasteiger partial charge in [-0.1, -0.05) is 5.16 Å². The van der Waals surface area contributed by atoms with E-state index in [2.05, 4.69) is 22.3 Å². The lowest BCUT2D eigenvalue weighted by molar-refractivity contribution is 0.443. The monoisotopic (exact) mass is 239 g/mol. The number of rotatable bonds is 2. The summed E-state index contributed by atoms with van der Waals surface area (Å²) in [7, 11) is 0. The van der Waals surface area contributed by atoms with Gasteiger partial charge < -0.3 is 9.09 Å². The molecule has 3 aromatic rings. The third-order valence-corrected chi connectivity index (χ3v) is 3.65. The van der Waals surface area contributed by atoms with Gasteiger partial charge in [0.2, 0.25) is 0 Å². The largest absolute Gasteiger partial charge is 0.356 e. The van der Waals surface area contributed by atoms with Crippen molar-refractivity contribution in [3.8, 4) is 0 Å². The summed E-state index contributed by atoms with van der Waals surface area (Å²) in [6.07, 6.45) is 9.12. The highest BCUT2D eigenvalue weighted by molar-refractivity contribution is 5.81. The number of aromatic nitrogens is 3. The van der Waals surface area contributed by atoms with E-state index < -0.39 is 0 Å². The first-order chi connectivity index (χ1) is 8.90. The molecular formula is C14H13N3O. The molecule has 0 fully saturated rings. The van der Waals surface area contributed by atoms with Crippen LogP contribution in [0.3, 0.4) is 0 Å². The summed E-state index contributed by atoms with van der Waals surface area (Å²) < 4.78 is 7.44. The normalized spacial score (nSPS) is 14.2. The Morgan fingerprint density at radius 3 is 2.94 bits per heavy atom. The molecule has 0 radical (unpaired) electrons. The molecule has 1 aliphatic rings. The third kappa shape index (κ3) is 1.45. The van der Waals surface area contributed by atoms with Gasteiger partial charge in [0, 0.05) is 17.8 Å². The summed E-state index contributed by atoms with van der Waals surface area (Å²) in [6.45, 7) is 0.714. The molecule has 0 saturated carbocycles. The van der Waals surface area contributed by atoms with Crippen LogP contribution < -0.4 is 0 Å². The zero-order valence-corrected chi connectivity index (χ0v) is 9.97. The van der Waals surface area contributed by atoms with Crippen LogP contribution in [0, 0.1) is 0 Å². The van der Waals surface area contributed by atoms with Gasteiger partial charge in [0.05, 0.1) is 12.9 Å². The fraction of sp³-hybridized carbons (Fsp3) is 0.286. The van der Waals surface area contributed by atoms with E-state index in [1.807, 2.05) is 10.8 Å². The van der Waals surface area contributed by atoms with Gasteiger partial charge in [-0.05, 0) is 42.5 Å². The number of imidazole rings is 1. The molecule has 1 aromatic carbocycles. The molecule has 4 nitrogen and oxygen atoms in total. The number of benzene rings is 1. The predicted octanol–water partition coefficient (Wildman–Crippen LogP) is 2.56. The standard InChI is InChI=1S/C14H13N3O/c1-2-10-6-12-13(8-17-5-4-15-9-17)16-18-14(12)7-11(10)3-1/h4-7,9H,1-3,8H2. The zero-order valence-electron chi connectivity index (χ0n) is 9.97. The van der Waals surface area contributed by atoms with Gasteiger partial charge in [-0.15, -0.1) is 0 Å². The Morgan fingerprint density at radius 2 is 2.11 bits per heavy atom. The first kappa shape index (κ1) is 9.88. The van der Waals surface area contributed by atoms with E-state index in [4.69, 9.17) is 4.52 Å². The second-order valence-corrected chi connectivity index (χ2v) is 4.83. The highest BCUT2D eigenvalue weighted by Crippen LogP contribution is 2.29. The molecule has 4 rings (SSSR count). The van der Waals surface area contributed by atoms with Crippen LogP contribution in [-0.2, 0) is 19.4 Å². The second kappa shape index (κ2) is 3.70. The van der Waals surface area contributed by atoms with Crippen LogP contribution in [0.5, 0.6) is 0 Å². The van der Waals surface area contributed by atoms with Crippen molar-refractivity contribution in [2.75, 3.05) is 0 Å². The van der Waals surface area contributed by atoms with Crippen LogP contribution in [0.25, 0.3) is 11.0 Å². The van der Waals surface area contributed by atoms with Crippen molar-refractivity contribution in [3.63, 3.8) is 0 Å². The molecule has 18 heavy (non-hydrogen) atoms. The van der Waals surface area contributed by atoms with Crippen LogP contribution in [0.4, 0.5) is 0 Å². The molecule has 2 heterocycles. The van der Waals surface area contributed by atoms with Crippen molar-refractivity contribution >= 4 is 11.0 Å². The Kier molecular flexibility index (Phi) is 2.03. The fourth-order valence-corrected chi connectivity index (χ4v) is 2.72. The molecule has 0 spiro atoms. The third-order valence-electron chi connectivity index (χ3n) is 3.65. The molecule has 4 heteroatoms. The number of aryl methyl sites for hydroxylation is 2. The summed E-state index contributed by atoms with van der Waals surface area (Å²) in [4.78, 5) is 4.05. The Morgan fingerprint density at radius 1 is 1.22 bits per heavy atom. The highest BCUT2D eigenvalue weighted by Gasteiger charge is 2.16. The number of hydrogen-bond acceptors (Lipinski definition) is 3. The molecule has 0 saturated heterocycles. The van der Waals surface area contributed by atoms with Gasteiger partial charge in [-0.25, -0.2) is 4.98 Å². The summed E-state index contributed by atoms with van der Waals surface area (Å²) in [6, 6.07) is 4.41. The minimum Gasteiger partial charge on any atom is -0.356 e. The Hall–Kier alpha value is -2.10. The maximum absolute atomic E-state index is 5.44. The van der Waals surface area contributed by atoms with Gasteiger partial charge >= 0.3 is 0 Å². The Bertz CT molecular complexity index is 697. The lowest BCUT2D eigenvalue weighted by Crippen LogP contribution is -1.97. The lowest BCUT2D eigenvalue weighted by Gasteiger charge is -2.00. The van der Waals surface area contributed by atoms with Crippen molar-refractivity contribution in [3.05, 3.63) is 47.7 Å².